The molecule has 0 aromatic heterocycles. The van der Waals surface area contributed by atoms with Crippen LogP contribution in [0.1, 0.15) is 43.2 Å². The molecule has 4 N–H and O–H groups in total. The number of amides is 1. The van der Waals surface area contributed by atoms with Crippen molar-refractivity contribution in [2.45, 2.75) is 44.7 Å². The van der Waals surface area contributed by atoms with E-state index in [1.807, 2.05) is 36.1 Å². The number of rotatable bonds is 14. The van der Waals surface area contributed by atoms with E-state index in [1.165, 1.54) is 7.11 Å². The number of carboxylic acids is 1. The Balaban J connectivity index is 1.67. The van der Waals surface area contributed by atoms with Gasteiger partial charge in [-0.2, -0.15) is 0 Å². The number of fused-ring (bicyclic) bond motifs is 1. The van der Waals surface area contributed by atoms with Gasteiger partial charge in [0.1, 0.15) is 0 Å². The summed E-state index contributed by atoms with van der Waals surface area (Å²) in [4.78, 5) is 30.3. The summed E-state index contributed by atoms with van der Waals surface area (Å²) in [6.45, 7) is 3.18. The average molecular weight is 605 g/mol. The van der Waals surface area contributed by atoms with Crippen LogP contribution in [0.2, 0.25) is 0 Å². The molecule has 12 nitrogen and oxygen atoms in total. The van der Waals surface area contributed by atoms with Crippen LogP contribution in [0.25, 0.3) is 0 Å². The maximum absolute atomic E-state index is 13.9. The molecule has 1 fully saturated rings. The second-order valence-electron chi connectivity index (χ2n) is 10.7. The third-order valence-corrected chi connectivity index (χ3v) is 8.51. The number of nitrogens with one attached hydrogen (secondary N) is 1. The van der Waals surface area contributed by atoms with Gasteiger partial charge in [0.2, 0.25) is 28.5 Å². The van der Waals surface area contributed by atoms with Crippen molar-refractivity contribution in [3.63, 3.8) is 0 Å². The lowest BCUT2D eigenvalue weighted by Crippen LogP contribution is -2.45. The van der Waals surface area contributed by atoms with E-state index in [4.69, 9.17) is 19.9 Å². The first-order chi connectivity index (χ1) is 20.1. The molecule has 2 aliphatic heterocycles. The van der Waals surface area contributed by atoms with E-state index in [0.29, 0.717) is 35.9 Å². The number of carboxylic acid groups (broad SMARTS) is 1. The molecule has 2 aromatic carbocycles. The first kappa shape index (κ1) is 31.5. The fraction of sp³-hybridized carbons (Fsp3) is 0.517. The van der Waals surface area contributed by atoms with Crippen molar-refractivity contribution in [3.05, 3.63) is 47.5 Å². The maximum Gasteiger partial charge on any atom is 0.308 e. The lowest BCUT2D eigenvalue weighted by Gasteiger charge is -2.30. The molecule has 42 heavy (non-hydrogen) atoms. The summed E-state index contributed by atoms with van der Waals surface area (Å²) >= 11 is 0. The molecule has 13 heteroatoms. The number of hydrogen-bond donors (Lipinski definition) is 3. The third kappa shape index (κ3) is 7.33. The standard InChI is InChI=1S/C29H40N4O8S/c1-4-5-11-33(21-8-6-7-19(12-21)15-30)26(34)17-32-16-22(20-13-24(39-2)28-25(14-20)40-18-41-28)27(29(35)36)23(32)9-10-31-42(3,37)38/h6-8,12-14,22-23,27,31H,4-5,9-11,15-18,30H2,1-3H3,(H,35,36). The second kappa shape index (κ2) is 13.7. The number of benzene rings is 2. The van der Waals surface area contributed by atoms with E-state index in [1.54, 1.807) is 17.0 Å². The van der Waals surface area contributed by atoms with Crippen LogP contribution in [0.3, 0.4) is 0 Å². The SMILES string of the molecule is CCCCN(C(=O)CN1CC(c2cc(OC)c3c(c2)OCO3)C(C(=O)O)C1CCNS(C)(=O)=O)c1cccc(CN)c1. The number of hydrogen-bond acceptors (Lipinski definition) is 9. The van der Waals surface area contributed by atoms with Gasteiger partial charge in [-0.15, -0.1) is 0 Å². The van der Waals surface area contributed by atoms with Gasteiger partial charge in [-0.3, -0.25) is 14.5 Å². The van der Waals surface area contributed by atoms with Gasteiger partial charge in [-0.1, -0.05) is 25.5 Å². The Labute approximate surface area is 246 Å². The molecule has 2 heterocycles. The minimum Gasteiger partial charge on any atom is -0.493 e. The van der Waals surface area contributed by atoms with Crippen molar-refractivity contribution in [3.8, 4) is 17.2 Å². The van der Waals surface area contributed by atoms with Crippen LogP contribution in [-0.4, -0.2) is 82.7 Å². The number of aliphatic carboxylic acids is 1. The van der Waals surface area contributed by atoms with Crippen molar-refractivity contribution in [2.24, 2.45) is 11.7 Å². The predicted molar refractivity (Wildman–Crippen MR) is 157 cm³/mol. The largest absolute Gasteiger partial charge is 0.493 e. The van der Waals surface area contributed by atoms with Gasteiger partial charge in [0.05, 0.1) is 25.8 Å². The van der Waals surface area contributed by atoms with Crippen molar-refractivity contribution in [1.82, 2.24) is 9.62 Å². The molecule has 0 aliphatic carbocycles. The maximum atomic E-state index is 13.9. The van der Waals surface area contributed by atoms with E-state index < -0.39 is 33.9 Å². The summed E-state index contributed by atoms with van der Waals surface area (Å²) in [5.74, 6) is -1.30. The summed E-state index contributed by atoms with van der Waals surface area (Å²) in [6.07, 6.45) is 2.93. The Morgan fingerprint density at radius 3 is 2.69 bits per heavy atom. The van der Waals surface area contributed by atoms with Gasteiger partial charge in [0.15, 0.2) is 11.5 Å². The van der Waals surface area contributed by atoms with E-state index >= 15 is 0 Å². The number of unbranched alkanes of at least 4 members (excludes halogenated alkanes) is 1. The van der Waals surface area contributed by atoms with Gasteiger partial charge in [0, 0.05) is 43.8 Å². The number of methoxy groups -OCH3 is 1. The number of nitrogens with two attached hydrogens (primary N) is 1. The van der Waals surface area contributed by atoms with E-state index in [2.05, 4.69) is 4.72 Å². The smallest absolute Gasteiger partial charge is 0.308 e. The third-order valence-electron chi connectivity index (χ3n) is 7.78. The van der Waals surface area contributed by atoms with Crippen molar-refractivity contribution >= 4 is 27.6 Å². The summed E-state index contributed by atoms with van der Waals surface area (Å²) in [5.41, 5.74) is 8.16. The van der Waals surface area contributed by atoms with E-state index in [-0.39, 0.29) is 38.8 Å². The van der Waals surface area contributed by atoms with Crippen LogP contribution < -0.4 is 29.6 Å². The minimum absolute atomic E-state index is 0.0293. The van der Waals surface area contributed by atoms with Crippen LogP contribution in [0.5, 0.6) is 17.2 Å². The first-order valence-electron chi connectivity index (χ1n) is 14.0. The van der Waals surface area contributed by atoms with Crippen molar-refractivity contribution in [1.29, 1.82) is 0 Å². The van der Waals surface area contributed by atoms with Crippen LogP contribution in [0, 0.1) is 5.92 Å². The normalized spacial score (nSPS) is 20.0. The molecule has 1 saturated heterocycles. The Morgan fingerprint density at radius 1 is 1.24 bits per heavy atom. The van der Waals surface area contributed by atoms with Gasteiger partial charge in [-0.05, 0) is 48.2 Å². The fourth-order valence-corrected chi connectivity index (χ4v) is 6.26. The van der Waals surface area contributed by atoms with Gasteiger partial charge >= 0.3 is 5.97 Å². The molecule has 2 aliphatic rings. The van der Waals surface area contributed by atoms with Gasteiger partial charge in [-0.25, -0.2) is 13.1 Å². The Hall–Kier alpha value is -3.39. The molecule has 0 bridgehead atoms. The molecular weight excluding hydrogens is 564 g/mol. The molecule has 4 rings (SSSR count). The monoisotopic (exact) mass is 604 g/mol. The molecule has 0 radical (unpaired) electrons. The van der Waals surface area contributed by atoms with Gasteiger partial charge in [0.25, 0.3) is 0 Å². The first-order valence-corrected chi connectivity index (χ1v) is 15.9. The topological polar surface area (TPSA) is 161 Å². The van der Waals surface area contributed by atoms with E-state index in [0.717, 1.165) is 30.3 Å². The molecule has 230 valence electrons. The number of carbonyl (C=O) groups is 2. The minimum atomic E-state index is -3.49. The quantitative estimate of drug-likeness (QED) is 0.291. The van der Waals surface area contributed by atoms with Crippen LogP contribution in [0.15, 0.2) is 36.4 Å². The number of sulfonamides is 1. The highest BCUT2D eigenvalue weighted by atomic mass is 32.2. The molecule has 2 aromatic rings. The lowest BCUT2D eigenvalue weighted by molar-refractivity contribution is -0.143. The highest BCUT2D eigenvalue weighted by Gasteiger charge is 2.47. The summed E-state index contributed by atoms with van der Waals surface area (Å²) < 4.78 is 42.6. The van der Waals surface area contributed by atoms with Crippen molar-refractivity contribution < 1.29 is 37.3 Å². The summed E-state index contributed by atoms with van der Waals surface area (Å²) in [6, 6.07) is 10.4. The Bertz CT molecular complexity index is 1390. The highest BCUT2D eigenvalue weighted by molar-refractivity contribution is 7.88. The molecule has 3 unspecified atom stereocenters. The number of anilines is 1. The lowest BCUT2D eigenvalue weighted by atomic mass is 9.84. The van der Waals surface area contributed by atoms with Crippen molar-refractivity contribution in [2.75, 3.05) is 51.2 Å². The summed E-state index contributed by atoms with van der Waals surface area (Å²) in [7, 11) is -1.99. The number of carbonyl (C=O) groups excluding carboxylic acids is 1. The van der Waals surface area contributed by atoms with Crippen LogP contribution >= 0.6 is 0 Å². The zero-order chi connectivity index (χ0) is 30.4. The molecule has 0 spiro atoms. The van der Waals surface area contributed by atoms with Gasteiger partial charge < -0.3 is 30.0 Å². The number of nitrogens with zero attached hydrogens (tertiary/aromatic N) is 2. The zero-order valence-electron chi connectivity index (χ0n) is 24.2. The second-order valence-corrected chi connectivity index (χ2v) is 12.5. The fourth-order valence-electron chi connectivity index (χ4n) is 5.77. The number of ether oxygens (including phenoxy) is 3. The molecule has 1 amide bonds. The van der Waals surface area contributed by atoms with Crippen LogP contribution in [-0.2, 0) is 26.2 Å². The Morgan fingerprint density at radius 2 is 2.02 bits per heavy atom. The summed E-state index contributed by atoms with van der Waals surface area (Å²) in [5, 5.41) is 10.4. The Kier molecular flexibility index (Phi) is 10.3. The molecule has 3 atom stereocenters. The average Bonchev–Trinajstić information content (AvgIpc) is 3.57. The molecular formula is C29H40N4O8S. The van der Waals surface area contributed by atoms with E-state index in [9.17, 15) is 23.1 Å². The molecule has 0 saturated carbocycles. The zero-order valence-corrected chi connectivity index (χ0v) is 25.1. The highest BCUT2D eigenvalue weighted by Crippen LogP contribution is 2.47. The van der Waals surface area contributed by atoms with Crippen LogP contribution in [0.4, 0.5) is 5.69 Å². The predicted octanol–water partition coefficient (Wildman–Crippen LogP) is 2.12. The number of likely N-dealkylation sites (tertiary alicyclic amines) is 1.